The van der Waals surface area contributed by atoms with Crippen LogP contribution in [0.1, 0.15) is 19.8 Å². The van der Waals surface area contributed by atoms with Gasteiger partial charge in [0, 0.05) is 6.04 Å². The number of piperidine rings is 1. The summed E-state index contributed by atoms with van der Waals surface area (Å²) >= 11 is 0. The zero-order chi connectivity index (χ0) is 6.69. The van der Waals surface area contributed by atoms with E-state index in [-0.39, 0.29) is 0 Å². The summed E-state index contributed by atoms with van der Waals surface area (Å²) in [6.07, 6.45) is 2.61. The van der Waals surface area contributed by atoms with E-state index in [9.17, 15) is 0 Å². The molecule has 0 aromatic carbocycles. The van der Waals surface area contributed by atoms with E-state index >= 15 is 0 Å². The molecule has 0 aromatic rings. The predicted octanol–water partition coefficient (Wildman–Crippen LogP) is 0.333. The van der Waals surface area contributed by atoms with E-state index in [0.29, 0.717) is 6.04 Å². The first-order chi connectivity index (χ1) is 4.30. The van der Waals surface area contributed by atoms with Crippen LogP contribution in [0.2, 0.25) is 0 Å². The van der Waals surface area contributed by atoms with Crippen molar-refractivity contribution < 1.29 is 0 Å². The Labute approximate surface area is 56.8 Å². The summed E-state index contributed by atoms with van der Waals surface area (Å²) < 4.78 is 0. The fourth-order valence-electron chi connectivity index (χ4n) is 1.33. The zero-order valence-electron chi connectivity index (χ0n) is 6.06. The molecule has 2 heteroatoms. The molecule has 0 aromatic heterocycles. The zero-order valence-corrected chi connectivity index (χ0v) is 6.06. The van der Waals surface area contributed by atoms with Crippen LogP contribution in [0.5, 0.6) is 0 Å². The van der Waals surface area contributed by atoms with Crippen molar-refractivity contribution in [1.82, 2.24) is 5.32 Å². The lowest BCUT2D eigenvalue weighted by Crippen LogP contribution is -2.39. The Morgan fingerprint density at radius 1 is 1.67 bits per heavy atom. The van der Waals surface area contributed by atoms with Crippen molar-refractivity contribution in [2.24, 2.45) is 11.7 Å². The van der Waals surface area contributed by atoms with Gasteiger partial charge in [0.05, 0.1) is 0 Å². The van der Waals surface area contributed by atoms with Crippen LogP contribution in [0, 0.1) is 5.92 Å². The van der Waals surface area contributed by atoms with Crippen molar-refractivity contribution >= 4 is 0 Å². The molecule has 9 heavy (non-hydrogen) atoms. The lowest BCUT2D eigenvalue weighted by atomic mass is 9.94. The van der Waals surface area contributed by atoms with Crippen molar-refractivity contribution in [2.45, 2.75) is 25.8 Å². The Hall–Kier alpha value is -0.0800. The molecule has 1 aliphatic heterocycles. The van der Waals surface area contributed by atoms with Gasteiger partial charge in [0.2, 0.25) is 0 Å². The molecular formula is C7H16N2. The van der Waals surface area contributed by atoms with Crippen molar-refractivity contribution in [1.29, 1.82) is 0 Å². The molecule has 1 saturated heterocycles. The molecule has 1 aliphatic rings. The molecule has 1 rings (SSSR count). The van der Waals surface area contributed by atoms with Crippen LogP contribution in [0.3, 0.4) is 0 Å². The standard InChI is InChI=1S/C7H16N2/c1-6(8)7-3-2-4-9-5-7/h6-7,9H,2-5,8H2,1H3/t6-,7-/m0/s1. The maximum absolute atomic E-state index is 5.73. The van der Waals surface area contributed by atoms with Gasteiger partial charge in [-0.25, -0.2) is 0 Å². The highest BCUT2D eigenvalue weighted by Gasteiger charge is 2.15. The highest BCUT2D eigenvalue weighted by molar-refractivity contribution is 4.74. The summed E-state index contributed by atoms with van der Waals surface area (Å²) in [5.41, 5.74) is 5.73. The average Bonchev–Trinajstić information content (AvgIpc) is 1.90. The SMILES string of the molecule is C[C@H](N)[C@H]1CCCNC1. The van der Waals surface area contributed by atoms with E-state index < -0.39 is 0 Å². The Kier molecular flexibility index (Phi) is 2.49. The second kappa shape index (κ2) is 3.18. The number of nitrogens with two attached hydrogens (primary N) is 1. The van der Waals surface area contributed by atoms with Gasteiger partial charge in [-0.05, 0) is 38.8 Å². The normalized spacial score (nSPS) is 32.0. The predicted molar refractivity (Wildman–Crippen MR) is 39.2 cm³/mol. The van der Waals surface area contributed by atoms with Gasteiger partial charge in [0.15, 0.2) is 0 Å². The number of hydrogen-bond acceptors (Lipinski definition) is 2. The quantitative estimate of drug-likeness (QED) is 0.534. The van der Waals surface area contributed by atoms with Gasteiger partial charge in [-0.2, -0.15) is 0 Å². The van der Waals surface area contributed by atoms with E-state index in [1.165, 1.54) is 19.4 Å². The van der Waals surface area contributed by atoms with Gasteiger partial charge in [-0.1, -0.05) is 0 Å². The molecule has 0 amide bonds. The van der Waals surface area contributed by atoms with Crippen LogP contribution in [-0.4, -0.2) is 19.1 Å². The first-order valence-corrected chi connectivity index (χ1v) is 3.77. The Morgan fingerprint density at radius 2 is 2.44 bits per heavy atom. The van der Waals surface area contributed by atoms with Crippen LogP contribution < -0.4 is 11.1 Å². The van der Waals surface area contributed by atoms with Gasteiger partial charge >= 0.3 is 0 Å². The lowest BCUT2D eigenvalue weighted by molar-refractivity contribution is 0.335. The fraction of sp³-hybridized carbons (Fsp3) is 1.00. The van der Waals surface area contributed by atoms with Gasteiger partial charge in [-0.3, -0.25) is 0 Å². The van der Waals surface area contributed by atoms with Crippen molar-refractivity contribution in [3.05, 3.63) is 0 Å². The second-order valence-corrected chi connectivity index (χ2v) is 2.97. The third-order valence-electron chi connectivity index (χ3n) is 2.08. The summed E-state index contributed by atoms with van der Waals surface area (Å²) in [5, 5.41) is 3.34. The fourth-order valence-corrected chi connectivity index (χ4v) is 1.33. The molecule has 54 valence electrons. The molecule has 0 bridgehead atoms. The van der Waals surface area contributed by atoms with Crippen LogP contribution in [-0.2, 0) is 0 Å². The van der Waals surface area contributed by atoms with E-state index in [4.69, 9.17) is 5.73 Å². The van der Waals surface area contributed by atoms with Crippen molar-refractivity contribution in [3.8, 4) is 0 Å². The first-order valence-electron chi connectivity index (χ1n) is 3.77. The van der Waals surface area contributed by atoms with Gasteiger partial charge in [0.25, 0.3) is 0 Å². The van der Waals surface area contributed by atoms with E-state index in [2.05, 4.69) is 12.2 Å². The lowest BCUT2D eigenvalue weighted by Gasteiger charge is -2.25. The monoisotopic (exact) mass is 128 g/mol. The van der Waals surface area contributed by atoms with Crippen molar-refractivity contribution in [3.63, 3.8) is 0 Å². The van der Waals surface area contributed by atoms with E-state index in [1.54, 1.807) is 0 Å². The Morgan fingerprint density at radius 3 is 2.78 bits per heavy atom. The van der Waals surface area contributed by atoms with Gasteiger partial charge in [0.1, 0.15) is 0 Å². The van der Waals surface area contributed by atoms with Gasteiger partial charge in [-0.15, -0.1) is 0 Å². The minimum atomic E-state index is 0.373. The third-order valence-corrected chi connectivity index (χ3v) is 2.08. The molecule has 0 saturated carbocycles. The summed E-state index contributed by atoms with van der Waals surface area (Å²) in [5.74, 6) is 0.721. The molecule has 0 unspecified atom stereocenters. The number of hydrogen-bond donors (Lipinski definition) is 2. The topological polar surface area (TPSA) is 38.0 Å². The van der Waals surface area contributed by atoms with E-state index in [0.717, 1.165) is 12.5 Å². The Bertz CT molecular complexity index is 75.0. The highest BCUT2D eigenvalue weighted by Crippen LogP contribution is 2.11. The molecule has 1 fully saturated rings. The average molecular weight is 128 g/mol. The molecular weight excluding hydrogens is 112 g/mol. The van der Waals surface area contributed by atoms with Gasteiger partial charge < -0.3 is 11.1 Å². The van der Waals surface area contributed by atoms with Crippen LogP contribution in [0.25, 0.3) is 0 Å². The van der Waals surface area contributed by atoms with Crippen LogP contribution in [0.4, 0.5) is 0 Å². The first kappa shape index (κ1) is 7.03. The molecule has 0 radical (unpaired) electrons. The summed E-state index contributed by atoms with van der Waals surface area (Å²) in [7, 11) is 0. The number of nitrogens with one attached hydrogen (secondary N) is 1. The maximum Gasteiger partial charge on any atom is 0.00508 e. The summed E-state index contributed by atoms with van der Waals surface area (Å²) in [4.78, 5) is 0. The second-order valence-electron chi connectivity index (χ2n) is 2.97. The van der Waals surface area contributed by atoms with Crippen LogP contribution in [0.15, 0.2) is 0 Å². The minimum Gasteiger partial charge on any atom is -0.328 e. The smallest absolute Gasteiger partial charge is 0.00508 e. The summed E-state index contributed by atoms with van der Waals surface area (Å²) in [6.45, 7) is 4.40. The van der Waals surface area contributed by atoms with E-state index in [1.807, 2.05) is 0 Å². The largest absolute Gasteiger partial charge is 0.328 e. The molecule has 0 aliphatic carbocycles. The Balaban J connectivity index is 2.23. The molecule has 1 heterocycles. The molecule has 3 N–H and O–H groups in total. The number of rotatable bonds is 1. The molecule has 0 spiro atoms. The maximum atomic E-state index is 5.73. The summed E-state index contributed by atoms with van der Waals surface area (Å²) in [6, 6.07) is 0.373. The highest BCUT2D eigenvalue weighted by atomic mass is 14.9. The van der Waals surface area contributed by atoms with Crippen molar-refractivity contribution in [2.75, 3.05) is 13.1 Å². The minimum absolute atomic E-state index is 0.373. The molecule has 2 nitrogen and oxygen atoms in total. The van der Waals surface area contributed by atoms with Crippen LogP contribution >= 0.6 is 0 Å². The third kappa shape index (κ3) is 1.95. The molecule has 2 atom stereocenters.